The fraction of sp³-hybridized carbons (Fsp3) is 0.100. The summed E-state index contributed by atoms with van der Waals surface area (Å²) in [4.78, 5) is 0. The topological polar surface area (TPSA) is 17.8 Å². The molecule has 66 valence electrons. The molecule has 0 amide bonds. The van der Waals surface area contributed by atoms with Crippen LogP contribution in [-0.2, 0) is 0 Å². The Bertz CT molecular complexity index is 403. The second kappa shape index (κ2) is 3.01. The molecule has 2 nitrogen and oxygen atoms in total. The first-order valence-corrected chi connectivity index (χ1v) is 4.04. The number of hydrogen-bond acceptors (Lipinski definition) is 1. The summed E-state index contributed by atoms with van der Waals surface area (Å²) in [6, 6.07) is 8.86. The van der Waals surface area contributed by atoms with Crippen molar-refractivity contribution in [3.63, 3.8) is 0 Å². The van der Waals surface area contributed by atoms with Crippen LogP contribution in [0.4, 0.5) is 4.39 Å². The monoisotopic (exact) mass is 176 g/mol. The summed E-state index contributed by atoms with van der Waals surface area (Å²) >= 11 is 0. The molecule has 0 N–H and O–H groups in total. The summed E-state index contributed by atoms with van der Waals surface area (Å²) in [5.74, 6) is -0.344. The molecule has 0 saturated heterocycles. The summed E-state index contributed by atoms with van der Waals surface area (Å²) in [6.07, 6.45) is 1.44. The Morgan fingerprint density at radius 2 is 1.85 bits per heavy atom. The maximum atomic E-state index is 13.0. The van der Waals surface area contributed by atoms with E-state index in [2.05, 4.69) is 5.10 Å². The minimum atomic E-state index is -0.344. The van der Waals surface area contributed by atoms with Gasteiger partial charge in [0.25, 0.3) is 0 Å². The van der Waals surface area contributed by atoms with Gasteiger partial charge in [-0.05, 0) is 19.1 Å². The van der Waals surface area contributed by atoms with Crippen molar-refractivity contribution in [3.8, 4) is 5.69 Å². The van der Waals surface area contributed by atoms with Gasteiger partial charge in [0.2, 0.25) is 5.95 Å². The molecule has 0 aliphatic heterocycles. The number of hydrogen-bond donors (Lipinski definition) is 0. The SMILES string of the molecule is Cc1ccc(-n2nccc2F)cc1. The van der Waals surface area contributed by atoms with Crippen LogP contribution in [0.5, 0.6) is 0 Å². The first-order chi connectivity index (χ1) is 6.27. The first-order valence-electron chi connectivity index (χ1n) is 4.04. The number of aromatic nitrogens is 2. The van der Waals surface area contributed by atoms with Crippen LogP contribution >= 0.6 is 0 Å². The molecule has 3 heteroatoms. The minimum Gasteiger partial charge on any atom is -0.207 e. The van der Waals surface area contributed by atoms with Crippen LogP contribution in [0.1, 0.15) is 5.56 Å². The standard InChI is InChI=1S/C10H9FN2/c1-8-2-4-9(5-3-8)13-10(11)6-7-12-13/h2-7H,1H3. The average molecular weight is 176 g/mol. The molecule has 0 spiro atoms. The quantitative estimate of drug-likeness (QED) is 0.652. The van der Waals surface area contributed by atoms with Crippen molar-refractivity contribution in [1.29, 1.82) is 0 Å². The van der Waals surface area contributed by atoms with E-state index in [1.54, 1.807) is 0 Å². The number of benzene rings is 1. The van der Waals surface area contributed by atoms with Gasteiger partial charge in [-0.1, -0.05) is 17.7 Å². The predicted molar refractivity (Wildman–Crippen MR) is 48.3 cm³/mol. The molecular weight excluding hydrogens is 167 g/mol. The molecule has 1 aromatic carbocycles. The van der Waals surface area contributed by atoms with Crippen molar-refractivity contribution in [2.45, 2.75) is 6.92 Å². The Kier molecular flexibility index (Phi) is 1.85. The number of nitrogens with zero attached hydrogens (tertiary/aromatic N) is 2. The summed E-state index contributed by atoms with van der Waals surface area (Å²) in [5, 5.41) is 3.86. The third kappa shape index (κ3) is 1.45. The van der Waals surface area contributed by atoms with Gasteiger partial charge >= 0.3 is 0 Å². The Morgan fingerprint density at radius 1 is 1.15 bits per heavy atom. The van der Waals surface area contributed by atoms with Crippen molar-refractivity contribution in [2.24, 2.45) is 0 Å². The van der Waals surface area contributed by atoms with E-state index in [9.17, 15) is 4.39 Å². The molecular formula is C10H9FN2. The predicted octanol–water partition coefficient (Wildman–Crippen LogP) is 2.32. The average Bonchev–Trinajstić information content (AvgIpc) is 2.53. The van der Waals surface area contributed by atoms with Gasteiger partial charge < -0.3 is 0 Å². The number of halogens is 1. The van der Waals surface area contributed by atoms with Crippen LogP contribution in [0.2, 0.25) is 0 Å². The summed E-state index contributed by atoms with van der Waals surface area (Å²) in [5.41, 5.74) is 1.89. The molecule has 0 fully saturated rings. The van der Waals surface area contributed by atoms with Crippen LogP contribution in [0.25, 0.3) is 5.69 Å². The lowest BCUT2D eigenvalue weighted by molar-refractivity contribution is 0.537. The third-order valence-electron chi connectivity index (χ3n) is 1.88. The van der Waals surface area contributed by atoms with Crippen molar-refractivity contribution >= 4 is 0 Å². The van der Waals surface area contributed by atoms with E-state index in [1.165, 1.54) is 16.9 Å². The molecule has 2 aromatic rings. The Morgan fingerprint density at radius 3 is 2.38 bits per heavy atom. The molecule has 0 saturated carbocycles. The van der Waals surface area contributed by atoms with E-state index in [1.807, 2.05) is 31.2 Å². The van der Waals surface area contributed by atoms with Crippen molar-refractivity contribution < 1.29 is 4.39 Å². The van der Waals surface area contributed by atoms with Gasteiger partial charge in [-0.2, -0.15) is 9.49 Å². The lowest BCUT2D eigenvalue weighted by Crippen LogP contribution is -1.98. The minimum absolute atomic E-state index is 0.344. The zero-order chi connectivity index (χ0) is 9.26. The molecule has 0 radical (unpaired) electrons. The Labute approximate surface area is 75.6 Å². The molecule has 2 rings (SSSR count). The van der Waals surface area contributed by atoms with E-state index in [0.717, 1.165) is 11.3 Å². The van der Waals surface area contributed by atoms with Crippen LogP contribution < -0.4 is 0 Å². The smallest absolute Gasteiger partial charge is 0.207 e. The van der Waals surface area contributed by atoms with E-state index in [-0.39, 0.29) is 5.95 Å². The van der Waals surface area contributed by atoms with E-state index < -0.39 is 0 Å². The van der Waals surface area contributed by atoms with Crippen molar-refractivity contribution in [1.82, 2.24) is 9.78 Å². The molecule has 0 aliphatic rings. The molecule has 0 aliphatic carbocycles. The van der Waals surface area contributed by atoms with E-state index in [0.29, 0.717) is 0 Å². The molecule has 0 atom stereocenters. The lowest BCUT2D eigenvalue weighted by atomic mass is 10.2. The van der Waals surface area contributed by atoms with Crippen LogP contribution in [-0.4, -0.2) is 9.78 Å². The summed E-state index contributed by atoms with van der Waals surface area (Å²) < 4.78 is 14.3. The maximum Gasteiger partial charge on any atom is 0.216 e. The molecule has 0 bridgehead atoms. The molecule has 1 aromatic heterocycles. The normalized spacial score (nSPS) is 10.3. The number of rotatable bonds is 1. The van der Waals surface area contributed by atoms with Crippen molar-refractivity contribution in [2.75, 3.05) is 0 Å². The van der Waals surface area contributed by atoms with Gasteiger partial charge in [0, 0.05) is 6.07 Å². The van der Waals surface area contributed by atoms with E-state index >= 15 is 0 Å². The Hall–Kier alpha value is -1.64. The van der Waals surface area contributed by atoms with Gasteiger partial charge in [0.05, 0.1) is 11.9 Å². The lowest BCUT2D eigenvalue weighted by Gasteiger charge is -2.01. The fourth-order valence-corrected chi connectivity index (χ4v) is 1.16. The second-order valence-corrected chi connectivity index (χ2v) is 2.90. The summed E-state index contributed by atoms with van der Waals surface area (Å²) in [7, 11) is 0. The highest BCUT2D eigenvalue weighted by atomic mass is 19.1. The highest BCUT2D eigenvalue weighted by Crippen LogP contribution is 2.09. The van der Waals surface area contributed by atoms with Gasteiger partial charge in [-0.3, -0.25) is 0 Å². The molecule has 13 heavy (non-hydrogen) atoms. The molecule has 0 unspecified atom stereocenters. The second-order valence-electron chi connectivity index (χ2n) is 2.90. The highest BCUT2D eigenvalue weighted by Gasteiger charge is 2.01. The van der Waals surface area contributed by atoms with Crippen LogP contribution in [0, 0.1) is 12.9 Å². The largest absolute Gasteiger partial charge is 0.216 e. The van der Waals surface area contributed by atoms with Crippen molar-refractivity contribution in [3.05, 3.63) is 48.0 Å². The first kappa shape index (κ1) is 7.98. The van der Waals surface area contributed by atoms with Crippen LogP contribution in [0.15, 0.2) is 36.5 Å². The molecule has 1 heterocycles. The zero-order valence-electron chi connectivity index (χ0n) is 7.24. The third-order valence-corrected chi connectivity index (χ3v) is 1.88. The van der Waals surface area contributed by atoms with Gasteiger partial charge in [0.15, 0.2) is 0 Å². The van der Waals surface area contributed by atoms with Gasteiger partial charge in [-0.25, -0.2) is 4.68 Å². The zero-order valence-corrected chi connectivity index (χ0v) is 7.24. The highest BCUT2D eigenvalue weighted by molar-refractivity contribution is 5.33. The van der Waals surface area contributed by atoms with Gasteiger partial charge in [-0.15, -0.1) is 0 Å². The maximum absolute atomic E-state index is 13.0. The fourth-order valence-electron chi connectivity index (χ4n) is 1.16. The number of aryl methyl sites for hydroxylation is 1. The summed E-state index contributed by atoms with van der Waals surface area (Å²) in [6.45, 7) is 1.99. The van der Waals surface area contributed by atoms with Crippen LogP contribution in [0.3, 0.4) is 0 Å². The van der Waals surface area contributed by atoms with E-state index in [4.69, 9.17) is 0 Å². The van der Waals surface area contributed by atoms with Gasteiger partial charge in [0.1, 0.15) is 0 Å². The Balaban J connectivity index is 2.47.